The first-order valence-electron chi connectivity index (χ1n) is 5.23. The van der Waals surface area contributed by atoms with Crippen molar-refractivity contribution >= 4 is 27.7 Å². The van der Waals surface area contributed by atoms with Gasteiger partial charge < -0.3 is 4.90 Å². The monoisotopic (exact) mass is 288 g/mol. The Bertz CT molecular complexity index is 272. The summed E-state index contributed by atoms with van der Waals surface area (Å²) in [4.78, 5) is 6.75. The van der Waals surface area contributed by atoms with E-state index in [4.69, 9.17) is 0 Å². The van der Waals surface area contributed by atoms with Gasteiger partial charge in [-0.25, -0.2) is 4.98 Å². The first-order chi connectivity index (χ1) is 7.26. The average Bonchev–Trinajstić information content (AvgIpc) is 2.27. The van der Waals surface area contributed by atoms with Crippen molar-refractivity contribution in [3.8, 4) is 0 Å². The van der Waals surface area contributed by atoms with Gasteiger partial charge in [-0.1, -0.05) is 13.8 Å². The fourth-order valence-electron chi connectivity index (χ4n) is 1.27. The molecule has 0 aliphatic heterocycles. The Labute approximate surface area is 105 Å². The molecule has 0 spiro atoms. The van der Waals surface area contributed by atoms with Crippen molar-refractivity contribution in [2.75, 3.05) is 25.4 Å². The van der Waals surface area contributed by atoms with E-state index in [0.717, 1.165) is 34.9 Å². The molecule has 15 heavy (non-hydrogen) atoms. The lowest BCUT2D eigenvalue weighted by Crippen LogP contribution is -2.25. The quantitative estimate of drug-likeness (QED) is 0.748. The van der Waals surface area contributed by atoms with Crippen molar-refractivity contribution in [2.24, 2.45) is 0 Å². The third kappa shape index (κ3) is 5.00. The zero-order valence-corrected chi connectivity index (χ0v) is 11.6. The molecule has 0 fully saturated rings. The fraction of sp³-hybridized carbons (Fsp3) is 0.545. The molecule has 0 atom stereocenters. The molecule has 1 rings (SSSR count). The Kier molecular flexibility index (Phi) is 6.29. The molecule has 1 aromatic heterocycles. The molecule has 0 aromatic carbocycles. The molecule has 0 bridgehead atoms. The molecule has 0 saturated heterocycles. The van der Waals surface area contributed by atoms with E-state index in [9.17, 15) is 0 Å². The summed E-state index contributed by atoms with van der Waals surface area (Å²) in [5.41, 5.74) is 0. The molecule has 1 aromatic rings. The number of aromatic nitrogens is 1. The number of thioether (sulfide) groups is 1. The molecule has 0 amide bonds. The highest BCUT2D eigenvalue weighted by atomic mass is 79.9. The lowest BCUT2D eigenvalue weighted by molar-refractivity contribution is 0.324. The van der Waals surface area contributed by atoms with E-state index in [0.29, 0.717) is 0 Å². The third-order valence-corrected chi connectivity index (χ3v) is 3.65. The van der Waals surface area contributed by atoms with E-state index in [1.54, 1.807) is 0 Å². The number of hydrogen-bond acceptors (Lipinski definition) is 3. The first-order valence-corrected chi connectivity index (χ1v) is 7.00. The summed E-state index contributed by atoms with van der Waals surface area (Å²) in [6, 6.07) is 4.09. The van der Waals surface area contributed by atoms with Crippen LogP contribution in [0.1, 0.15) is 13.8 Å². The van der Waals surface area contributed by atoms with Crippen LogP contribution in [0, 0.1) is 0 Å². The Hall–Kier alpha value is -0.0600. The number of nitrogens with zero attached hydrogens (tertiary/aromatic N) is 2. The van der Waals surface area contributed by atoms with Crippen LogP contribution in [0.5, 0.6) is 0 Å². The van der Waals surface area contributed by atoms with Gasteiger partial charge in [0.1, 0.15) is 0 Å². The maximum Gasteiger partial charge on any atom is 0.0961 e. The fourth-order valence-corrected chi connectivity index (χ4v) is 2.35. The molecule has 84 valence electrons. The molecule has 0 N–H and O–H groups in total. The highest BCUT2D eigenvalue weighted by Crippen LogP contribution is 2.17. The van der Waals surface area contributed by atoms with Crippen molar-refractivity contribution < 1.29 is 0 Å². The second kappa shape index (κ2) is 7.25. The Morgan fingerprint density at radius 1 is 1.33 bits per heavy atom. The van der Waals surface area contributed by atoms with E-state index >= 15 is 0 Å². The van der Waals surface area contributed by atoms with Crippen LogP contribution in [-0.2, 0) is 0 Å². The maximum absolute atomic E-state index is 4.32. The second-order valence-electron chi connectivity index (χ2n) is 3.19. The van der Waals surface area contributed by atoms with Gasteiger partial charge in [-0.3, -0.25) is 0 Å². The Morgan fingerprint density at radius 3 is 2.60 bits per heavy atom. The number of rotatable bonds is 6. The van der Waals surface area contributed by atoms with Gasteiger partial charge in [0.15, 0.2) is 0 Å². The topological polar surface area (TPSA) is 16.1 Å². The zero-order valence-electron chi connectivity index (χ0n) is 9.24. The van der Waals surface area contributed by atoms with Crippen LogP contribution in [0.2, 0.25) is 0 Å². The third-order valence-electron chi connectivity index (χ3n) is 2.25. The van der Waals surface area contributed by atoms with Crippen molar-refractivity contribution in [3.05, 3.63) is 22.8 Å². The van der Waals surface area contributed by atoms with Crippen molar-refractivity contribution in [2.45, 2.75) is 18.9 Å². The normalized spacial score (nSPS) is 10.9. The summed E-state index contributed by atoms with van der Waals surface area (Å²) < 4.78 is 1.04. The molecule has 0 aliphatic carbocycles. The molecule has 0 unspecified atom stereocenters. The summed E-state index contributed by atoms with van der Waals surface area (Å²) in [7, 11) is 0. The van der Waals surface area contributed by atoms with Gasteiger partial charge in [-0.05, 0) is 41.2 Å². The molecule has 0 saturated carbocycles. The van der Waals surface area contributed by atoms with E-state index in [2.05, 4.69) is 45.7 Å². The smallest absolute Gasteiger partial charge is 0.0961 e. The van der Waals surface area contributed by atoms with E-state index in [1.165, 1.54) is 0 Å². The first kappa shape index (κ1) is 13.0. The van der Waals surface area contributed by atoms with Crippen LogP contribution in [0.15, 0.2) is 27.8 Å². The molecule has 0 radical (unpaired) electrons. The largest absolute Gasteiger partial charge is 0.303 e. The van der Waals surface area contributed by atoms with Crippen LogP contribution >= 0.6 is 27.7 Å². The van der Waals surface area contributed by atoms with Gasteiger partial charge in [0.05, 0.1) is 5.03 Å². The summed E-state index contributed by atoms with van der Waals surface area (Å²) in [5.74, 6) is 1.11. The predicted molar refractivity (Wildman–Crippen MR) is 70.4 cm³/mol. The van der Waals surface area contributed by atoms with E-state index in [1.807, 2.05) is 24.0 Å². The molecule has 4 heteroatoms. The van der Waals surface area contributed by atoms with Gasteiger partial charge in [-0.2, -0.15) is 0 Å². The highest BCUT2D eigenvalue weighted by molar-refractivity contribution is 9.10. The van der Waals surface area contributed by atoms with Gasteiger partial charge in [0.2, 0.25) is 0 Å². The highest BCUT2D eigenvalue weighted by Gasteiger charge is 2.00. The Morgan fingerprint density at radius 2 is 2.07 bits per heavy atom. The predicted octanol–water partition coefficient (Wildman–Crippen LogP) is 3.28. The van der Waals surface area contributed by atoms with E-state index in [-0.39, 0.29) is 0 Å². The van der Waals surface area contributed by atoms with Crippen molar-refractivity contribution in [1.29, 1.82) is 0 Å². The van der Waals surface area contributed by atoms with Crippen LogP contribution < -0.4 is 0 Å². The number of halogens is 1. The maximum atomic E-state index is 4.32. The number of pyridine rings is 1. The van der Waals surface area contributed by atoms with Crippen LogP contribution in [0.4, 0.5) is 0 Å². The molecule has 1 heterocycles. The van der Waals surface area contributed by atoms with Crippen LogP contribution in [0.25, 0.3) is 0 Å². The van der Waals surface area contributed by atoms with E-state index < -0.39 is 0 Å². The van der Waals surface area contributed by atoms with Gasteiger partial charge in [0.25, 0.3) is 0 Å². The molecular weight excluding hydrogens is 272 g/mol. The lowest BCUT2D eigenvalue weighted by Gasteiger charge is -2.16. The van der Waals surface area contributed by atoms with Crippen LogP contribution in [-0.4, -0.2) is 35.3 Å². The summed E-state index contributed by atoms with van der Waals surface area (Å²) >= 11 is 5.19. The second-order valence-corrected chi connectivity index (χ2v) is 5.22. The molecule has 2 nitrogen and oxygen atoms in total. The average molecular weight is 289 g/mol. The molecule has 0 aliphatic rings. The zero-order chi connectivity index (χ0) is 11.1. The minimum absolute atomic E-state index is 1.04. The minimum atomic E-state index is 1.04. The Balaban J connectivity index is 2.28. The summed E-state index contributed by atoms with van der Waals surface area (Å²) in [6.45, 7) is 7.79. The van der Waals surface area contributed by atoms with Crippen molar-refractivity contribution in [3.63, 3.8) is 0 Å². The molecular formula is C11H17BrN2S. The minimum Gasteiger partial charge on any atom is -0.303 e. The van der Waals surface area contributed by atoms with Gasteiger partial charge in [0, 0.05) is 23.0 Å². The summed E-state index contributed by atoms with van der Waals surface area (Å²) in [5, 5.41) is 1.10. The van der Waals surface area contributed by atoms with Crippen LogP contribution in [0.3, 0.4) is 0 Å². The number of hydrogen-bond donors (Lipinski definition) is 0. The SMILES string of the molecule is CCN(CC)CCSc1ccc(Br)cn1. The van der Waals surface area contributed by atoms with Gasteiger partial charge in [-0.15, -0.1) is 11.8 Å². The summed E-state index contributed by atoms with van der Waals surface area (Å²) in [6.07, 6.45) is 1.85. The van der Waals surface area contributed by atoms with Crippen molar-refractivity contribution in [1.82, 2.24) is 9.88 Å². The van der Waals surface area contributed by atoms with Gasteiger partial charge >= 0.3 is 0 Å². The lowest BCUT2D eigenvalue weighted by atomic mass is 10.5. The standard InChI is InChI=1S/C11H17BrN2S/c1-3-14(4-2)7-8-15-11-6-5-10(12)9-13-11/h5-6,9H,3-4,7-8H2,1-2H3.